The third-order valence-corrected chi connectivity index (χ3v) is 6.84. The molecule has 0 spiro atoms. The number of hydrogen-bond acceptors (Lipinski definition) is 6. The van der Waals surface area contributed by atoms with Gasteiger partial charge in [0.2, 0.25) is 10.0 Å². The third kappa shape index (κ3) is 4.45. The van der Waals surface area contributed by atoms with Crippen LogP contribution in [0.3, 0.4) is 0 Å². The van der Waals surface area contributed by atoms with E-state index in [0.29, 0.717) is 43.1 Å². The maximum atomic E-state index is 12.9. The van der Waals surface area contributed by atoms with Gasteiger partial charge in [0.1, 0.15) is 11.9 Å². The molecule has 2 fully saturated rings. The number of amides is 1. The first-order valence-electron chi connectivity index (χ1n) is 10.00. The third-order valence-electron chi connectivity index (χ3n) is 5.30. The Bertz CT molecular complexity index is 1070. The van der Waals surface area contributed by atoms with Gasteiger partial charge in [-0.05, 0) is 55.7 Å². The SMILES string of the molecule is N#Cc1cccnc1N1CCCN(C(=O)c2ccc(S(=O)(=O)NC3CC3)cc2)CC1. The molecule has 1 saturated heterocycles. The van der Waals surface area contributed by atoms with Crippen molar-refractivity contribution in [3.05, 3.63) is 53.7 Å². The number of pyridine rings is 1. The summed E-state index contributed by atoms with van der Waals surface area (Å²) in [4.78, 5) is 21.3. The van der Waals surface area contributed by atoms with Crippen molar-refractivity contribution in [1.82, 2.24) is 14.6 Å². The summed E-state index contributed by atoms with van der Waals surface area (Å²) in [6.07, 6.45) is 4.16. The van der Waals surface area contributed by atoms with Crippen LogP contribution < -0.4 is 9.62 Å². The molecule has 0 atom stereocenters. The summed E-state index contributed by atoms with van der Waals surface area (Å²) in [5.74, 6) is 0.518. The second-order valence-corrected chi connectivity index (χ2v) is 9.25. The summed E-state index contributed by atoms with van der Waals surface area (Å²) in [7, 11) is -3.53. The molecule has 1 aliphatic carbocycles. The minimum absolute atomic E-state index is 0.0389. The Morgan fingerprint density at radius 1 is 1.10 bits per heavy atom. The van der Waals surface area contributed by atoms with E-state index in [0.717, 1.165) is 19.3 Å². The summed E-state index contributed by atoms with van der Waals surface area (Å²) in [5, 5.41) is 9.31. The molecule has 0 bridgehead atoms. The number of nitriles is 1. The average Bonchev–Trinajstić information content (AvgIpc) is 3.59. The topological polar surface area (TPSA) is 106 Å². The zero-order valence-electron chi connectivity index (χ0n) is 16.5. The molecule has 30 heavy (non-hydrogen) atoms. The Balaban J connectivity index is 1.43. The number of carbonyl (C=O) groups excluding carboxylic acids is 1. The minimum atomic E-state index is -3.53. The summed E-state index contributed by atoms with van der Waals surface area (Å²) in [5.41, 5.74) is 0.984. The molecule has 2 heterocycles. The van der Waals surface area contributed by atoms with Crippen LogP contribution >= 0.6 is 0 Å². The predicted octanol–water partition coefficient (Wildman–Crippen LogP) is 1.75. The quantitative estimate of drug-likeness (QED) is 0.782. The molecule has 9 heteroatoms. The van der Waals surface area contributed by atoms with E-state index in [1.807, 2.05) is 4.90 Å². The van der Waals surface area contributed by atoms with Gasteiger partial charge in [-0.2, -0.15) is 5.26 Å². The van der Waals surface area contributed by atoms with Crippen LogP contribution in [0.15, 0.2) is 47.5 Å². The Kier molecular flexibility index (Phi) is 5.70. The normalized spacial score (nSPS) is 17.3. The van der Waals surface area contributed by atoms with Gasteiger partial charge < -0.3 is 9.80 Å². The lowest BCUT2D eigenvalue weighted by Crippen LogP contribution is -2.35. The van der Waals surface area contributed by atoms with Gasteiger partial charge in [0, 0.05) is 44.0 Å². The van der Waals surface area contributed by atoms with Crippen LogP contribution in [0.25, 0.3) is 0 Å². The van der Waals surface area contributed by atoms with E-state index in [-0.39, 0.29) is 16.8 Å². The fraction of sp³-hybridized carbons (Fsp3) is 0.381. The van der Waals surface area contributed by atoms with Gasteiger partial charge in [0.25, 0.3) is 5.91 Å². The van der Waals surface area contributed by atoms with Crippen LogP contribution in [0, 0.1) is 11.3 Å². The van der Waals surface area contributed by atoms with Crippen molar-refractivity contribution in [2.45, 2.75) is 30.2 Å². The van der Waals surface area contributed by atoms with E-state index < -0.39 is 10.0 Å². The highest BCUT2D eigenvalue weighted by Gasteiger charge is 2.28. The number of anilines is 1. The monoisotopic (exact) mass is 425 g/mol. The number of nitrogens with zero attached hydrogens (tertiary/aromatic N) is 4. The van der Waals surface area contributed by atoms with E-state index >= 15 is 0 Å². The zero-order chi connectivity index (χ0) is 21.1. The Labute approximate surface area is 176 Å². The van der Waals surface area contributed by atoms with Gasteiger partial charge in [-0.25, -0.2) is 18.1 Å². The van der Waals surface area contributed by atoms with Gasteiger partial charge in [-0.15, -0.1) is 0 Å². The van der Waals surface area contributed by atoms with Crippen molar-refractivity contribution in [2.75, 3.05) is 31.1 Å². The first-order valence-corrected chi connectivity index (χ1v) is 11.5. The highest BCUT2D eigenvalue weighted by Crippen LogP contribution is 2.23. The second-order valence-electron chi connectivity index (χ2n) is 7.54. The fourth-order valence-corrected chi connectivity index (χ4v) is 4.82. The average molecular weight is 426 g/mol. The van der Waals surface area contributed by atoms with E-state index in [2.05, 4.69) is 15.8 Å². The molecule has 1 aromatic carbocycles. The molecule has 0 radical (unpaired) electrons. The first kappa shape index (κ1) is 20.3. The lowest BCUT2D eigenvalue weighted by atomic mass is 10.2. The molecule has 1 aliphatic heterocycles. The van der Waals surface area contributed by atoms with E-state index in [4.69, 9.17) is 0 Å². The van der Waals surface area contributed by atoms with Gasteiger partial charge in [-0.1, -0.05) is 0 Å². The lowest BCUT2D eigenvalue weighted by molar-refractivity contribution is 0.0767. The summed E-state index contributed by atoms with van der Waals surface area (Å²) < 4.78 is 27.2. The number of carbonyl (C=O) groups is 1. The van der Waals surface area contributed by atoms with Crippen molar-refractivity contribution < 1.29 is 13.2 Å². The molecule has 1 saturated carbocycles. The van der Waals surface area contributed by atoms with Crippen molar-refractivity contribution in [3.63, 3.8) is 0 Å². The van der Waals surface area contributed by atoms with Crippen LogP contribution in [0.5, 0.6) is 0 Å². The standard InChI is InChI=1S/C21H23N5O3S/c22-15-17-3-1-10-23-20(17)25-11-2-12-26(14-13-25)21(27)16-4-8-19(9-5-16)30(28,29)24-18-6-7-18/h1,3-5,8-10,18,24H,2,6-7,11-14H2. The summed E-state index contributed by atoms with van der Waals surface area (Å²) >= 11 is 0. The van der Waals surface area contributed by atoms with Gasteiger partial charge in [0.15, 0.2) is 0 Å². The number of rotatable bonds is 5. The van der Waals surface area contributed by atoms with Gasteiger partial charge >= 0.3 is 0 Å². The molecule has 8 nitrogen and oxygen atoms in total. The first-order chi connectivity index (χ1) is 14.5. The molecule has 1 aromatic heterocycles. The molecule has 0 unspecified atom stereocenters. The fourth-order valence-electron chi connectivity index (χ4n) is 3.52. The van der Waals surface area contributed by atoms with Gasteiger partial charge in [-0.3, -0.25) is 4.79 Å². The molecular formula is C21H23N5O3S. The lowest BCUT2D eigenvalue weighted by Gasteiger charge is -2.23. The van der Waals surface area contributed by atoms with Crippen LogP contribution in [0.2, 0.25) is 0 Å². The highest BCUT2D eigenvalue weighted by molar-refractivity contribution is 7.89. The highest BCUT2D eigenvalue weighted by atomic mass is 32.2. The largest absolute Gasteiger partial charge is 0.354 e. The smallest absolute Gasteiger partial charge is 0.253 e. The number of sulfonamides is 1. The van der Waals surface area contributed by atoms with Crippen LogP contribution in [0.4, 0.5) is 5.82 Å². The van der Waals surface area contributed by atoms with Crippen molar-refractivity contribution in [2.24, 2.45) is 0 Å². The summed E-state index contributed by atoms with van der Waals surface area (Å²) in [6, 6.07) is 11.8. The number of hydrogen-bond donors (Lipinski definition) is 1. The van der Waals surface area contributed by atoms with Crippen molar-refractivity contribution >= 4 is 21.7 Å². The van der Waals surface area contributed by atoms with Gasteiger partial charge in [0.05, 0.1) is 10.5 Å². The summed E-state index contributed by atoms with van der Waals surface area (Å²) in [6.45, 7) is 2.38. The van der Waals surface area contributed by atoms with E-state index in [1.165, 1.54) is 12.1 Å². The number of nitrogens with one attached hydrogen (secondary N) is 1. The minimum Gasteiger partial charge on any atom is -0.354 e. The van der Waals surface area contributed by atoms with Crippen molar-refractivity contribution in [3.8, 4) is 6.07 Å². The maximum Gasteiger partial charge on any atom is 0.253 e. The molecule has 2 aromatic rings. The number of benzene rings is 1. The number of aromatic nitrogens is 1. The Morgan fingerprint density at radius 2 is 1.87 bits per heavy atom. The van der Waals surface area contributed by atoms with Crippen LogP contribution in [-0.2, 0) is 10.0 Å². The molecule has 156 valence electrons. The molecule has 1 N–H and O–H groups in total. The Hall–Kier alpha value is -2.96. The maximum absolute atomic E-state index is 12.9. The van der Waals surface area contributed by atoms with E-state index in [1.54, 1.807) is 35.4 Å². The zero-order valence-corrected chi connectivity index (χ0v) is 17.3. The van der Waals surface area contributed by atoms with Crippen LogP contribution in [-0.4, -0.2) is 56.4 Å². The second kappa shape index (κ2) is 8.42. The van der Waals surface area contributed by atoms with Crippen LogP contribution in [0.1, 0.15) is 35.2 Å². The molecular weight excluding hydrogens is 402 g/mol. The molecule has 1 amide bonds. The predicted molar refractivity (Wildman–Crippen MR) is 111 cm³/mol. The Morgan fingerprint density at radius 3 is 2.57 bits per heavy atom. The molecule has 2 aliphatic rings. The van der Waals surface area contributed by atoms with E-state index in [9.17, 15) is 18.5 Å². The molecule has 4 rings (SSSR count). The van der Waals surface area contributed by atoms with Crippen molar-refractivity contribution in [1.29, 1.82) is 5.26 Å².